The Morgan fingerprint density at radius 1 is 0.419 bits per heavy atom. The van der Waals surface area contributed by atoms with Crippen LogP contribution in [0.25, 0.3) is 21.5 Å². The molecule has 230 valence electrons. The third-order valence-electron chi connectivity index (χ3n) is 8.01. The third-order valence-corrected chi connectivity index (χ3v) is 8.01. The Morgan fingerprint density at radius 3 is 1.37 bits per heavy atom. The quantitative estimate of drug-likeness (QED) is 0.225. The minimum absolute atomic E-state index is 0.702. The fourth-order valence-corrected chi connectivity index (χ4v) is 5.65. The fraction of sp³-hybridized carbons (Fsp3) is 0.459. The van der Waals surface area contributed by atoms with Crippen LogP contribution in [0.15, 0.2) is 72.8 Å². The molecule has 0 amide bonds. The molecule has 43 heavy (non-hydrogen) atoms. The van der Waals surface area contributed by atoms with E-state index in [1.54, 1.807) is 0 Å². The summed E-state index contributed by atoms with van der Waals surface area (Å²) in [5.41, 5.74) is 2.47. The summed E-state index contributed by atoms with van der Waals surface area (Å²) in [5, 5.41) is 12.2. The predicted octanol–water partition coefficient (Wildman–Crippen LogP) is 7.41. The zero-order valence-corrected chi connectivity index (χ0v) is 25.6. The molecule has 4 aromatic rings. The van der Waals surface area contributed by atoms with Crippen molar-refractivity contribution in [2.45, 2.75) is 58.0 Å². The molecule has 5 rings (SSSR count). The van der Waals surface area contributed by atoms with Gasteiger partial charge in [-0.05, 0) is 91.7 Å². The van der Waals surface area contributed by atoms with E-state index in [2.05, 4.69) is 83.4 Å². The SMILES string of the molecule is c1ccc2c3c(ccc2c1)OCCCCCOc1ccc2ccccc2c1CNCCCOCCCCOCCCNC3. The van der Waals surface area contributed by atoms with Crippen LogP contribution in [0.2, 0.25) is 0 Å². The van der Waals surface area contributed by atoms with E-state index < -0.39 is 0 Å². The molecule has 2 N–H and O–H groups in total. The van der Waals surface area contributed by atoms with Gasteiger partial charge in [-0.2, -0.15) is 0 Å². The standard InChI is InChI=1S/C37H48N2O4/c1-6-26-42-36-18-16-30-12-2-4-14-32(30)34(36)28-38-20-10-24-40-22-8-9-23-41-25-11-21-39-29-35-33-15-5-3-13-31(33)17-19-37(35)43-27-7-1/h2-5,12-19,38-39H,1,6-11,20-29H2. The first-order valence-corrected chi connectivity index (χ1v) is 16.2. The highest BCUT2D eigenvalue weighted by Gasteiger charge is 2.11. The van der Waals surface area contributed by atoms with Crippen LogP contribution < -0.4 is 20.1 Å². The minimum atomic E-state index is 0.702. The van der Waals surface area contributed by atoms with Crippen LogP contribution in [0.1, 0.15) is 56.1 Å². The average Bonchev–Trinajstić information content (AvgIpc) is 3.04. The third kappa shape index (κ3) is 9.67. The van der Waals surface area contributed by atoms with E-state index in [0.717, 1.165) is 109 Å². The lowest BCUT2D eigenvalue weighted by Gasteiger charge is -2.16. The number of rotatable bonds is 0. The Balaban J connectivity index is 1.20. The first-order chi connectivity index (χ1) is 21.4. The van der Waals surface area contributed by atoms with Crippen molar-refractivity contribution >= 4 is 21.5 Å². The Labute approximate surface area is 257 Å². The predicted molar refractivity (Wildman–Crippen MR) is 176 cm³/mol. The summed E-state index contributed by atoms with van der Waals surface area (Å²) in [7, 11) is 0. The molecule has 0 unspecified atom stereocenters. The van der Waals surface area contributed by atoms with Gasteiger partial charge >= 0.3 is 0 Å². The minimum Gasteiger partial charge on any atom is -0.493 e. The molecule has 1 heterocycles. The van der Waals surface area contributed by atoms with Gasteiger partial charge in [-0.25, -0.2) is 0 Å². The Kier molecular flexibility index (Phi) is 13.0. The summed E-state index contributed by atoms with van der Waals surface area (Å²) in [5.74, 6) is 1.96. The van der Waals surface area contributed by atoms with Crippen LogP contribution in [0.5, 0.6) is 11.5 Å². The van der Waals surface area contributed by atoms with Crippen LogP contribution in [0.4, 0.5) is 0 Å². The second-order valence-electron chi connectivity index (χ2n) is 11.3. The highest BCUT2D eigenvalue weighted by atomic mass is 16.5. The number of fused-ring (bicyclic) bond motifs is 6. The topological polar surface area (TPSA) is 61.0 Å². The molecule has 0 atom stereocenters. The van der Waals surface area contributed by atoms with Crippen molar-refractivity contribution < 1.29 is 18.9 Å². The molecule has 6 heteroatoms. The molecule has 0 saturated heterocycles. The summed E-state index contributed by atoms with van der Waals surface area (Å²) in [4.78, 5) is 0. The molecule has 1 aliphatic rings. The van der Waals surface area contributed by atoms with Crippen molar-refractivity contribution in [3.63, 3.8) is 0 Å². The first-order valence-electron chi connectivity index (χ1n) is 16.2. The second kappa shape index (κ2) is 17.8. The monoisotopic (exact) mass is 584 g/mol. The van der Waals surface area contributed by atoms with Crippen molar-refractivity contribution in [1.82, 2.24) is 10.6 Å². The zero-order valence-electron chi connectivity index (χ0n) is 25.6. The number of benzene rings is 4. The van der Waals surface area contributed by atoms with Crippen molar-refractivity contribution in [1.29, 1.82) is 0 Å². The maximum absolute atomic E-state index is 6.35. The lowest BCUT2D eigenvalue weighted by atomic mass is 10.0. The van der Waals surface area contributed by atoms with E-state index >= 15 is 0 Å². The molecule has 4 aromatic carbocycles. The van der Waals surface area contributed by atoms with Gasteiger partial charge in [0, 0.05) is 50.6 Å². The van der Waals surface area contributed by atoms with Gasteiger partial charge in [-0.1, -0.05) is 60.7 Å². The highest BCUT2D eigenvalue weighted by Crippen LogP contribution is 2.30. The molecule has 0 spiro atoms. The van der Waals surface area contributed by atoms with E-state index in [9.17, 15) is 0 Å². The van der Waals surface area contributed by atoms with E-state index in [4.69, 9.17) is 18.9 Å². The van der Waals surface area contributed by atoms with Gasteiger partial charge in [0.25, 0.3) is 0 Å². The van der Waals surface area contributed by atoms with Gasteiger partial charge in [0.1, 0.15) is 11.5 Å². The van der Waals surface area contributed by atoms with E-state index in [0.29, 0.717) is 13.2 Å². The molecule has 1 aliphatic heterocycles. The normalized spacial score (nSPS) is 18.0. The molecule has 0 aromatic heterocycles. The Hall–Kier alpha value is -3.16. The molecule has 0 bridgehead atoms. The summed E-state index contributed by atoms with van der Waals surface area (Å²) in [6, 6.07) is 25.7. The Bertz CT molecular complexity index is 1290. The number of hydrogen-bond acceptors (Lipinski definition) is 6. The van der Waals surface area contributed by atoms with Gasteiger partial charge in [0.15, 0.2) is 0 Å². The van der Waals surface area contributed by atoms with Gasteiger partial charge in [-0.15, -0.1) is 0 Å². The van der Waals surface area contributed by atoms with E-state index in [-0.39, 0.29) is 0 Å². The molecule has 0 aliphatic carbocycles. The molecule has 6 nitrogen and oxygen atoms in total. The van der Waals surface area contributed by atoms with Gasteiger partial charge in [0.05, 0.1) is 13.2 Å². The molecular formula is C37H48N2O4. The highest BCUT2D eigenvalue weighted by molar-refractivity contribution is 5.88. The molecule has 0 fully saturated rings. The fourth-order valence-electron chi connectivity index (χ4n) is 5.65. The summed E-state index contributed by atoms with van der Waals surface area (Å²) in [6.07, 6.45) is 7.10. The van der Waals surface area contributed by atoms with Crippen LogP contribution in [-0.4, -0.2) is 52.7 Å². The summed E-state index contributed by atoms with van der Waals surface area (Å²) in [6.45, 7) is 7.94. The lowest BCUT2D eigenvalue weighted by molar-refractivity contribution is 0.101. The van der Waals surface area contributed by atoms with Gasteiger partial charge in [-0.3, -0.25) is 0 Å². The second-order valence-corrected chi connectivity index (χ2v) is 11.3. The van der Waals surface area contributed by atoms with Crippen molar-refractivity contribution in [2.24, 2.45) is 0 Å². The summed E-state index contributed by atoms with van der Waals surface area (Å²) >= 11 is 0. The van der Waals surface area contributed by atoms with Crippen molar-refractivity contribution in [3.8, 4) is 11.5 Å². The maximum atomic E-state index is 6.35. The van der Waals surface area contributed by atoms with E-state index in [1.807, 2.05) is 0 Å². The number of hydrogen-bond donors (Lipinski definition) is 2. The zero-order chi connectivity index (χ0) is 29.4. The van der Waals surface area contributed by atoms with Crippen LogP contribution in [0.3, 0.4) is 0 Å². The van der Waals surface area contributed by atoms with Crippen molar-refractivity contribution in [2.75, 3.05) is 52.7 Å². The lowest BCUT2D eigenvalue weighted by Crippen LogP contribution is -2.17. The van der Waals surface area contributed by atoms with E-state index in [1.165, 1.54) is 32.7 Å². The number of ether oxygens (including phenoxy) is 4. The Morgan fingerprint density at radius 2 is 0.860 bits per heavy atom. The average molecular weight is 585 g/mol. The van der Waals surface area contributed by atoms with Crippen molar-refractivity contribution in [3.05, 3.63) is 83.9 Å². The summed E-state index contributed by atoms with van der Waals surface area (Å²) < 4.78 is 24.4. The number of nitrogens with one attached hydrogen (secondary N) is 2. The van der Waals surface area contributed by atoms with Gasteiger partial charge < -0.3 is 29.6 Å². The van der Waals surface area contributed by atoms with Gasteiger partial charge in [0.2, 0.25) is 0 Å². The largest absolute Gasteiger partial charge is 0.493 e. The van der Waals surface area contributed by atoms with Crippen LogP contribution >= 0.6 is 0 Å². The molecule has 0 saturated carbocycles. The molecular weight excluding hydrogens is 536 g/mol. The van der Waals surface area contributed by atoms with Crippen LogP contribution in [0, 0.1) is 0 Å². The maximum Gasteiger partial charge on any atom is 0.124 e. The smallest absolute Gasteiger partial charge is 0.124 e. The molecule has 0 radical (unpaired) electrons. The van der Waals surface area contributed by atoms with Crippen LogP contribution in [-0.2, 0) is 22.6 Å². The first kappa shape index (κ1) is 31.3.